The van der Waals surface area contributed by atoms with Crippen LogP contribution in [0.3, 0.4) is 0 Å². The number of hydrogen-bond donors (Lipinski definition) is 2. The first-order valence-electron chi connectivity index (χ1n) is 9.78. The van der Waals surface area contributed by atoms with Crippen molar-refractivity contribution < 1.29 is 14.0 Å². The van der Waals surface area contributed by atoms with Crippen molar-refractivity contribution in [1.29, 1.82) is 0 Å². The summed E-state index contributed by atoms with van der Waals surface area (Å²) in [6.07, 6.45) is 4.68. The molecule has 2 heterocycles. The van der Waals surface area contributed by atoms with Crippen LogP contribution in [0.1, 0.15) is 17.5 Å². The van der Waals surface area contributed by atoms with Crippen LogP contribution in [0.25, 0.3) is 0 Å². The summed E-state index contributed by atoms with van der Waals surface area (Å²) in [6.45, 7) is 7.21. The second-order valence-electron chi connectivity index (χ2n) is 7.03. The van der Waals surface area contributed by atoms with Gasteiger partial charge in [0.05, 0.1) is 19.8 Å². The molecule has 0 amide bonds. The molecular weight excluding hydrogens is 375 g/mol. The van der Waals surface area contributed by atoms with Crippen molar-refractivity contribution in [3.05, 3.63) is 65.7 Å². The second-order valence-corrected chi connectivity index (χ2v) is 7.41. The maximum Gasteiger partial charge on any atom is 0.169 e. The molecule has 0 spiro atoms. The summed E-state index contributed by atoms with van der Waals surface area (Å²) in [6, 6.07) is 10.5. The van der Waals surface area contributed by atoms with Gasteiger partial charge in [0.15, 0.2) is 5.11 Å². The Morgan fingerprint density at radius 3 is 2.54 bits per heavy atom. The monoisotopic (exact) mass is 403 g/mol. The third-order valence-corrected chi connectivity index (χ3v) is 5.33. The lowest BCUT2D eigenvalue weighted by atomic mass is 10.2. The first kappa shape index (κ1) is 20.6. The van der Waals surface area contributed by atoms with E-state index in [-0.39, 0.29) is 5.82 Å². The van der Waals surface area contributed by atoms with Crippen LogP contribution in [0.4, 0.5) is 4.39 Å². The number of rotatable bonds is 8. The normalized spacial score (nSPS) is 14.6. The Bertz CT molecular complexity index is 723. The van der Waals surface area contributed by atoms with Crippen LogP contribution in [0.15, 0.2) is 48.8 Å². The number of nitrogens with one attached hydrogen (secondary N) is 2. The van der Waals surface area contributed by atoms with E-state index in [1.807, 2.05) is 12.1 Å². The van der Waals surface area contributed by atoms with Gasteiger partial charge in [0.1, 0.15) is 18.9 Å². The van der Waals surface area contributed by atoms with Crippen molar-refractivity contribution in [2.75, 3.05) is 39.4 Å². The fraction of sp³-hybridized carbons (Fsp3) is 0.429. The number of quaternary nitrogens is 1. The lowest BCUT2D eigenvalue weighted by Crippen LogP contribution is -3.14. The molecule has 0 atom stereocenters. The van der Waals surface area contributed by atoms with Crippen molar-refractivity contribution in [1.82, 2.24) is 15.2 Å². The average molecular weight is 404 g/mol. The van der Waals surface area contributed by atoms with Gasteiger partial charge in [-0.15, -0.1) is 0 Å². The van der Waals surface area contributed by atoms with Gasteiger partial charge >= 0.3 is 0 Å². The summed E-state index contributed by atoms with van der Waals surface area (Å²) in [4.78, 5) is 7.89. The van der Waals surface area contributed by atoms with Crippen molar-refractivity contribution in [2.24, 2.45) is 0 Å². The van der Waals surface area contributed by atoms with Gasteiger partial charge in [0.2, 0.25) is 0 Å². The molecule has 1 aromatic heterocycles. The largest absolute Gasteiger partial charge is 0.370 e. The summed E-state index contributed by atoms with van der Waals surface area (Å²) >= 11 is 5.67. The number of hydrogen-bond acceptors (Lipinski definition) is 3. The molecule has 1 fully saturated rings. The molecule has 1 aliphatic heterocycles. The van der Waals surface area contributed by atoms with E-state index < -0.39 is 0 Å². The predicted molar refractivity (Wildman–Crippen MR) is 111 cm³/mol. The average Bonchev–Trinajstić information content (AvgIpc) is 2.74. The van der Waals surface area contributed by atoms with Crippen LogP contribution >= 0.6 is 12.2 Å². The van der Waals surface area contributed by atoms with Gasteiger partial charge in [0, 0.05) is 38.4 Å². The van der Waals surface area contributed by atoms with Gasteiger partial charge in [0.25, 0.3) is 0 Å². The topological polar surface area (TPSA) is 41.8 Å². The van der Waals surface area contributed by atoms with Gasteiger partial charge in [-0.25, -0.2) is 4.39 Å². The van der Waals surface area contributed by atoms with E-state index in [0.717, 1.165) is 63.0 Å². The molecule has 2 aromatic rings. The molecule has 150 valence electrons. The van der Waals surface area contributed by atoms with Crippen LogP contribution in [-0.4, -0.2) is 54.4 Å². The zero-order valence-electron chi connectivity index (χ0n) is 16.1. The number of pyridine rings is 1. The summed E-state index contributed by atoms with van der Waals surface area (Å²) in [5, 5.41) is 4.04. The minimum absolute atomic E-state index is 0.226. The summed E-state index contributed by atoms with van der Waals surface area (Å²) in [5.74, 6) is -0.226. The van der Waals surface area contributed by atoms with Crippen LogP contribution in [0, 0.1) is 5.82 Å². The van der Waals surface area contributed by atoms with Crippen molar-refractivity contribution in [3.8, 4) is 0 Å². The SMILES string of the molecule is Fc1ccc(CNC(=S)N(CCC[NH+]2CCOCC2)Cc2ccncc2)cc1. The molecule has 1 saturated heterocycles. The number of benzene rings is 1. The molecule has 0 radical (unpaired) electrons. The molecular formula is C21H28FN4OS+. The highest BCUT2D eigenvalue weighted by atomic mass is 32.1. The smallest absolute Gasteiger partial charge is 0.169 e. The molecule has 28 heavy (non-hydrogen) atoms. The van der Waals surface area contributed by atoms with Crippen molar-refractivity contribution in [3.63, 3.8) is 0 Å². The lowest BCUT2D eigenvalue weighted by molar-refractivity contribution is -0.908. The Morgan fingerprint density at radius 2 is 1.82 bits per heavy atom. The highest BCUT2D eigenvalue weighted by molar-refractivity contribution is 7.80. The molecule has 1 aliphatic rings. The molecule has 0 unspecified atom stereocenters. The number of halogens is 1. The quantitative estimate of drug-likeness (QED) is 0.653. The molecule has 7 heteroatoms. The molecule has 1 aromatic carbocycles. The van der Waals surface area contributed by atoms with Gasteiger partial charge in [-0.05, 0) is 47.6 Å². The van der Waals surface area contributed by atoms with Gasteiger partial charge < -0.3 is 19.9 Å². The third kappa shape index (κ3) is 6.82. The van der Waals surface area contributed by atoms with E-state index >= 15 is 0 Å². The molecule has 0 bridgehead atoms. The van der Waals surface area contributed by atoms with Gasteiger partial charge in [-0.1, -0.05) is 12.1 Å². The number of thiocarbonyl (C=S) groups is 1. The van der Waals surface area contributed by atoms with E-state index in [1.54, 1.807) is 29.4 Å². The van der Waals surface area contributed by atoms with Gasteiger partial charge in [-0.3, -0.25) is 4.98 Å². The Balaban J connectivity index is 1.54. The third-order valence-electron chi connectivity index (χ3n) is 4.93. The maximum atomic E-state index is 13.1. The molecule has 0 aliphatic carbocycles. The standard InChI is InChI=1S/C21H27FN4OS/c22-20-4-2-18(3-5-20)16-24-21(28)26(17-19-6-8-23-9-7-19)11-1-10-25-12-14-27-15-13-25/h2-9H,1,10-17H2,(H,24,28)/p+1. The fourth-order valence-electron chi connectivity index (χ4n) is 3.28. The Labute approximate surface area is 171 Å². The Kier molecular flexibility index (Phi) is 8.14. The first-order valence-corrected chi connectivity index (χ1v) is 10.2. The van der Waals surface area contributed by atoms with Crippen molar-refractivity contribution in [2.45, 2.75) is 19.5 Å². The zero-order valence-corrected chi connectivity index (χ0v) is 16.9. The predicted octanol–water partition coefficient (Wildman–Crippen LogP) is 1.40. The number of aromatic nitrogens is 1. The fourth-order valence-corrected chi connectivity index (χ4v) is 3.51. The number of ether oxygens (including phenoxy) is 1. The first-order chi connectivity index (χ1) is 13.7. The summed E-state index contributed by atoms with van der Waals surface area (Å²) < 4.78 is 18.5. The minimum Gasteiger partial charge on any atom is -0.370 e. The van der Waals surface area contributed by atoms with Crippen molar-refractivity contribution >= 4 is 17.3 Å². The van der Waals surface area contributed by atoms with E-state index in [4.69, 9.17) is 17.0 Å². The molecule has 3 rings (SSSR count). The van der Waals surface area contributed by atoms with E-state index in [0.29, 0.717) is 6.54 Å². The lowest BCUT2D eigenvalue weighted by Gasteiger charge is -2.28. The van der Waals surface area contributed by atoms with E-state index in [2.05, 4.69) is 15.2 Å². The number of nitrogens with zero attached hydrogens (tertiary/aromatic N) is 2. The van der Waals surface area contributed by atoms with E-state index in [9.17, 15) is 4.39 Å². The van der Waals surface area contributed by atoms with Gasteiger partial charge in [-0.2, -0.15) is 0 Å². The highest BCUT2D eigenvalue weighted by Gasteiger charge is 2.15. The minimum atomic E-state index is -0.226. The number of morpholine rings is 1. The molecule has 0 saturated carbocycles. The second kappa shape index (κ2) is 11.0. The molecule has 5 nitrogen and oxygen atoms in total. The van der Waals surface area contributed by atoms with Crippen LogP contribution in [0.2, 0.25) is 0 Å². The maximum absolute atomic E-state index is 13.1. The summed E-state index contributed by atoms with van der Waals surface area (Å²) in [5.41, 5.74) is 2.19. The summed E-state index contributed by atoms with van der Waals surface area (Å²) in [7, 11) is 0. The van der Waals surface area contributed by atoms with Crippen LogP contribution < -0.4 is 10.2 Å². The highest BCUT2D eigenvalue weighted by Crippen LogP contribution is 2.06. The zero-order chi connectivity index (χ0) is 19.6. The Morgan fingerprint density at radius 1 is 1.11 bits per heavy atom. The Hall–Kier alpha value is -2.09. The van der Waals surface area contributed by atoms with E-state index in [1.165, 1.54) is 17.7 Å². The molecule has 2 N–H and O–H groups in total. The van der Waals surface area contributed by atoms with Crippen LogP contribution in [-0.2, 0) is 17.8 Å². The van der Waals surface area contributed by atoms with Crippen LogP contribution in [0.5, 0.6) is 0 Å².